The highest BCUT2D eigenvalue weighted by molar-refractivity contribution is 5.93. The summed E-state index contributed by atoms with van der Waals surface area (Å²) in [4.78, 5) is 39.8. The number of aryl methyl sites for hydroxylation is 1. The maximum atomic E-state index is 14.3. The largest absolute Gasteiger partial charge is 0.447 e. The van der Waals surface area contributed by atoms with Gasteiger partial charge in [-0.25, -0.2) is 18.4 Å². The average molecular weight is 472 g/mol. The third-order valence-corrected chi connectivity index (χ3v) is 6.12. The van der Waals surface area contributed by atoms with E-state index in [0.29, 0.717) is 49.3 Å². The summed E-state index contributed by atoms with van der Waals surface area (Å²) in [5, 5.41) is 5.38. The number of carbonyl (C=O) groups is 3. The fraction of sp³-hybridized carbons (Fsp3) is 0.375. The second kappa shape index (κ2) is 10.1. The summed E-state index contributed by atoms with van der Waals surface area (Å²) in [5.41, 5.74) is 1.63. The molecule has 0 spiro atoms. The van der Waals surface area contributed by atoms with Gasteiger partial charge in [-0.3, -0.25) is 9.69 Å². The number of hydrogen-bond acceptors (Lipinski definition) is 4. The lowest BCUT2D eigenvalue weighted by molar-refractivity contribution is -0.126. The summed E-state index contributed by atoms with van der Waals surface area (Å²) < 4.78 is 32.8. The van der Waals surface area contributed by atoms with Crippen molar-refractivity contribution in [3.63, 3.8) is 0 Å². The van der Waals surface area contributed by atoms with Crippen molar-refractivity contribution in [1.29, 1.82) is 0 Å². The number of urea groups is 1. The van der Waals surface area contributed by atoms with Crippen LogP contribution in [-0.4, -0.2) is 49.2 Å². The zero-order valence-electron chi connectivity index (χ0n) is 18.8. The van der Waals surface area contributed by atoms with E-state index in [-0.39, 0.29) is 36.5 Å². The average Bonchev–Trinajstić information content (AvgIpc) is 3.27. The van der Waals surface area contributed by atoms with E-state index in [1.54, 1.807) is 19.1 Å². The predicted octanol–water partition coefficient (Wildman–Crippen LogP) is 3.79. The van der Waals surface area contributed by atoms with Gasteiger partial charge < -0.3 is 20.3 Å². The third kappa shape index (κ3) is 5.27. The van der Waals surface area contributed by atoms with Crippen LogP contribution in [0.2, 0.25) is 0 Å². The normalized spacial score (nSPS) is 16.4. The van der Waals surface area contributed by atoms with Crippen molar-refractivity contribution in [3.8, 4) is 0 Å². The molecule has 2 aliphatic heterocycles. The van der Waals surface area contributed by atoms with Gasteiger partial charge in [-0.1, -0.05) is 12.1 Å². The second-order valence-corrected chi connectivity index (χ2v) is 8.42. The Balaban J connectivity index is 1.28. The SMILES string of the molecule is Cc1ccc(CNC(=O)C2CCN(C(=O)Nc3cc(N4CCOC4=O)ccc3F)CC2)cc1F. The van der Waals surface area contributed by atoms with E-state index in [9.17, 15) is 23.2 Å². The number of anilines is 2. The molecular formula is C24H26F2N4O4. The Kier molecular flexibility index (Phi) is 6.95. The summed E-state index contributed by atoms with van der Waals surface area (Å²) in [5.74, 6) is -1.34. The lowest BCUT2D eigenvalue weighted by atomic mass is 9.96. The summed E-state index contributed by atoms with van der Waals surface area (Å²) in [7, 11) is 0. The highest BCUT2D eigenvalue weighted by atomic mass is 19.1. The van der Waals surface area contributed by atoms with Crippen molar-refractivity contribution >= 4 is 29.4 Å². The molecule has 4 rings (SSSR count). The number of hydrogen-bond donors (Lipinski definition) is 2. The quantitative estimate of drug-likeness (QED) is 0.693. The molecule has 0 bridgehead atoms. The molecule has 180 valence electrons. The summed E-state index contributed by atoms with van der Waals surface area (Å²) in [6, 6.07) is 8.40. The number of benzene rings is 2. The van der Waals surface area contributed by atoms with Gasteiger partial charge in [-0.05, 0) is 55.2 Å². The highest BCUT2D eigenvalue weighted by Gasteiger charge is 2.28. The number of amides is 4. The highest BCUT2D eigenvalue weighted by Crippen LogP contribution is 2.26. The molecule has 0 radical (unpaired) electrons. The smallest absolute Gasteiger partial charge is 0.414 e. The number of rotatable bonds is 5. The Labute approximate surface area is 195 Å². The number of likely N-dealkylation sites (tertiary alicyclic amines) is 1. The first-order valence-electron chi connectivity index (χ1n) is 11.1. The van der Waals surface area contributed by atoms with Gasteiger partial charge in [0, 0.05) is 31.2 Å². The molecule has 2 fully saturated rings. The van der Waals surface area contributed by atoms with Gasteiger partial charge in [0.2, 0.25) is 5.91 Å². The van der Waals surface area contributed by atoms with Gasteiger partial charge in [-0.2, -0.15) is 0 Å². The van der Waals surface area contributed by atoms with Crippen molar-refractivity contribution in [1.82, 2.24) is 10.2 Å². The molecule has 2 saturated heterocycles. The molecule has 0 unspecified atom stereocenters. The van der Waals surface area contributed by atoms with E-state index in [4.69, 9.17) is 4.74 Å². The Morgan fingerprint density at radius 1 is 1.06 bits per heavy atom. The van der Waals surface area contributed by atoms with E-state index in [1.165, 1.54) is 34.1 Å². The molecule has 0 aromatic heterocycles. The maximum Gasteiger partial charge on any atom is 0.414 e. The zero-order valence-corrected chi connectivity index (χ0v) is 18.8. The van der Waals surface area contributed by atoms with Crippen LogP contribution in [0.3, 0.4) is 0 Å². The van der Waals surface area contributed by atoms with E-state index in [1.807, 2.05) is 0 Å². The molecule has 0 saturated carbocycles. The number of cyclic esters (lactones) is 1. The van der Waals surface area contributed by atoms with Crippen LogP contribution in [-0.2, 0) is 16.1 Å². The van der Waals surface area contributed by atoms with Crippen LogP contribution >= 0.6 is 0 Å². The van der Waals surface area contributed by atoms with Crippen LogP contribution < -0.4 is 15.5 Å². The minimum atomic E-state index is -0.619. The van der Waals surface area contributed by atoms with Crippen molar-refractivity contribution < 1.29 is 27.9 Å². The van der Waals surface area contributed by atoms with Crippen LogP contribution in [0.5, 0.6) is 0 Å². The number of ether oxygens (including phenoxy) is 1. The monoisotopic (exact) mass is 472 g/mol. The Bertz CT molecular complexity index is 1100. The molecule has 34 heavy (non-hydrogen) atoms. The lowest BCUT2D eigenvalue weighted by Crippen LogP contribution is -2.44. The van der Waals surface area contributed by atoms with Crippen molar-refractivity contribution in [2.75, 3.05) is 36.5 Å². The zero-order chi connectivity index (χ0) is 24.2. The van der Waals surface area contributed by atoms with Crippen LogP contribution in [0.25, 0.3) is 0 Å². The van der Waals surface area contributed by atoms with Crippen LogP contribution in [0.4, 0.5) is 29.7 Å². The number of carbonyl (C=O) groups excluding carboxylic acids is 3. The van der Waals surface area contributed by atoms with Gasteiger partial charge in [0.05, 0.1) is 12.2 Å². The summed E-state index contributed by atoms with van der Waals surface area (Å²) in [6.45, 7) is 3.19. The van der Waals surface area contributed by atoms with Crippen LogP contribution in [0.15, 0.2) is 36.4 Å². The predicted molar refractivity (Wildman–Crippen MR) is 121 cm³/mol. The Hall–Kier alpha value is -3.69. The van der Waals surface area contributed by atoms with E-state index >= 15 is 0 Å². The van der Waals surface area contributed by atoms with Crippen LogP contribution in [0, 0.1) is 24.5 Å². The summed E-state index contributed by atoms with van der Waals surface area (Å²) >= 11 is 0. The van der Waals surface area contributed by atoms with Crippen molar-refractivity contribution in [2.24, 2.45) is 5.92 Å². The molecule has 0 atom stereocenters. The summed E-state index contributed by atoms with van der Waals surface area (Å²) in [6.07, 6.45) is 0.407. The Morgan fingerprint density at radius 2 is 1.82 bits per heavy atom. The molecule has 2 N–H and O–H groups in total. The molecule has 10 heteroatoms. The molecule has 2 aromatic rings. The minimum Gasteiger partial charge on any atom is -0.447 e. The number of nitrogens with one attached hydrogen (secondary N) is 2. The fourth-order valence-corrected chi connectivity index (χ4v) is 4.02. The Morgan fingerprint density at radius 3 is 2.50 bits per heavy atom. The van der Waals surface area contributed by atoms with Crippen molar-refractivity contribution in [3.05, 3.63) is 59.2 Å². The lowest BCUT2D eigenvalue weighted by Gasteiger charge is -2.31. The molecule has 4 amide bonds. The molecule has 0 aliphatic carbocycles. The van der Waals surface area contributed by atoms with Gasteiger partial charge >= 0.3 is 12.1 Å². The first-order valence-corrected chi connectivity index (χ1v) is 11.1. The number of halogens is 2. The maximum absolute atomic E-state index is 14.3. The minimum absolute atomic E-state index is 0.0348. The van der Waals surface area contributed by atoms with E-state index < -0.39 is 17.9 Å². The van der Waals surface area contributed by atoms with Crippen LogP contribution in [0.1, 0.15) is 24.0 Å². The first kappa shape index (κ1) is 23.5. The first-order chi connectivity index (χ1) is 16.3. The van der Waals surface area contributed by atoms with E-state index in [0.717, 1.165) is 0 Å². The van der Waals surface area contributed by atoms with Gasteiger partial charge in [0.25, 0.3) is 0 Å². The van der Waals surface area contributed by atoms with Gasteiger partial charge in [0.1, 0.15) is 18.2 Å². The van der Waals surface area contributed by atoms with Gasteiger partial charge in [0.15, 0.2) is 0 Å². The standard InChI is InChI=1S/C24H26F2N4O4/c1-15-2-3-16(12-20(15)26)14-27-22(31)17-6-8-29(9-7-17)23(32)28-21-13-18(4-5-19(21)25)30-10-11-34-24(30)33/h2-5,12-13,17H,6-11,14H2,1H3,(H,27,31)(H,28,32). The molecule has 2 heterocycles. The molecular weight excluding hydrogens is 446 g/mol. The molecule has 2 aromatic carbocycles. The second-order valence-electron chi connectivity index (χ2n) is 8.42. The van der Waals surface area contributed by atoms with Crippen molar-refractivity contribution in [2.45, 2.75) is 26.3 Å². The van der Waals surface area contributed by atoms with Gasteiger partial charge in [-0.15, -0.1) is 0 Å². The number of piperidine rings is 1. The topological polar surface area (TPSA) is 91.0 Å². The molecule has 8 nitrogen and oxygen atoms in total. The third-order valence-electron chi connectivity index (χ3n) is 6.12. The number of nitrogens with zero attached hydrogens (tertiary/aromatic N) is 2. The van der Waals surface area contributed by atoms with E-state index in [2.05, 4.69) is 10.6 Å². The molecule has 2 aliphatic rings. The fourth-order valence-electron chi connectivity index (χ4n) is 4.02.